The van der Waals surface area contributed by atoms with Crippen molar-refractivity contribution in [3.63, 3.8) is 0 Å². The zero-order chi connectivity index (χ0) is 24.4. The monoisotopic (exact) mass is 512 g/mol. The Morgan fingerprint density at radius 1 is 1.03 bits per heavy atom. The number of nitrogens with zero attached hydrogens (tertiary/aromatic N) is 1. The molecule has 1 heterocycles. The highest BCUT2D eigenvalue weighted by Gasteiger charge is 2.31. The zero-order valence-electron chi connectivity index (χ0n) is 20.6. The van der Waals surface area contributed by atoms with Crippen molar-refractivity contribution >= 4 is 40.9 Å². The second kappa shape index (κ2) is 13.7. The minimum atomic E-state index is -0.842. The normalized spacial score (nSPS) is 11.9. The number of unbranched alkanes of at least 4 members (excludes halogenated alkanes) is 7. The first-order valence-corrected chi connectivity index (χ1v) is 13.7. The number of rotatable bonds is 14. The maximum Gasteiger partial charge on any atom is 0.306 e. The Hall–Kier alpha value is -1.17. The number of halogens is 2. The molecule has 0 atom stereocenters. The molecule has 0 spiro atoms. The summed E-state index contributed by atoms with van der Waals surface area (Å²) < 4.78 is 5.84. The molecule has 0 saturated heterocycles. The molecule has 0 fully saturated rings. The lowest BCUT2D eigenvalue weighted by Crippen LogP contribution is -2.27. The van der Waals surface area contributed by atoms with E-state index in [0.717, 1.165) is 28.5 Å². The van der Waals surface area contributed by atoms with Crippen LogP contribution in [0, 0.1) is 0 Å². The lowest BCUT2D eigenvalue weighted by molar-refractivity contribution is -0.158. The van der Waals surface area contributed by atoms with Gasteiger partial charge in [0.1, 0.15) is 5.03 Å². The van der Waals surface area contributed by atoms with Gasteiger partial charge in [-0.25, -0.2) is 4.98 Å². The van der Waals surface area contributed by atoms with Crippen LogP contribution in [0.15, 0.2) is 28.1 Å². The van der Waals surface area contributed by atoms with Crippen molar-refractivity contribution in [2.45, 2.75) is 114 Å². The highest BCUT2D eigenvalue weighted by Crippen LogP contribution is 2.37. The van der Waals surface area contributed by atoms with Gasteiger partial charge in [-0.2, -0.15) is 0 Å². The third kappa shape index (κ3) is 9.54. The number of H-pyrrole nitrogens is 1. The standard InChI is InChI=1S/C26H38Cl2N2O2S/c1-6-7-8-9-10-11-12-13-14-22(31)32-26(4,5)25-29-23(18(2)3)24(30-25)33-21-16-19(27)15-20(28)17-21/h15-18H,6-14H2,1-5H3,(H,29,30). The van der Waals surface area contributed by atoms with Crippen LogP contribution in [0.25, 0.3) is 0 Å². The number of carbonyl (C=O) groups excluding carboxylic acids is 1. The molecule has 0 aliphatic carbocycles. The van der Waals surface area contributed by atoms with Gasteiger partial charge in [0.25, 0.3) is 0 Å². The zero-order valence-corrected chi connectivity index (χ0v) is 22.9. The molecule has 0 radical (unpaired) electrons. The molecule has 2 rings (SSSR count). The Bertz CT molecular complexity index is 876. The number of imidazole rings is 1. The first kappa shape index (κ1) is 28.1. The average molecular weight is 514 g/mol. The van der Waals surface area contributed by atoms with E-state index in [-0.39, 0.29) is 11.9 Å². The van der Waals surface area contributed by atoms with E-state index in [4.69, 9.17) is 32.9 Å². The Morgan fingerprint density at radius 3 is 2.18 bits per heavy atom. The van der Waals surface area contributed by atoms with Gasteiger partial charge in [0.15, 0.2) is 11.4 Å². The number of ether oxygens (including phenoxy) is 1. The van der Waals surface area contributed by atoms with Crippen molar-refractivity contribution < 1.29 is 9.53 Å². The number of carbonyl (C=O) groups is 1. The van der Waals surface area contributed by atoms with Gasteiger partial charge in [-0.05, 0) is 44.4 Å². The molecule has 1 N–H and O–H groups in total. The summed E-state index contributed by atoms with van der Waals surface area (Å²) in [7, 11) is 0. The molecule has 7 heteroatoms. The second-order valence-corrected chi connectivity index (χ2v) is 11.3. The predicted octanol–water partition coefficient (Wildman–Crippen LogP) is 9.30. The van der Waals surface area contributed by atoms with E-state index >= 15 is 0 Å². The lowest BCUT2D eigenvalue weighted by Gasteiger charge is -2.23. The van der Waals surface area contributed by atoms with E-state index in [9.17, 15) is 4.79 Å². The Labute approximate surface area is 213 Å². The number of esters is 1. The van der Waals surface area contributed by atoms with E-state index in [1.54, 1.807) is 6.07 Å². The van der Waals surface area contributed by atoms with Crippen LogP contribution >= 0.6 is 35.0 Å². The van der Waals surface area contributed by atoms with Gasteiger partial charge in [-0.1, -0.05) is 101 Å². The summed E-state index contributed by atoms with van der Waals surface area (Å²) >= 11 is 13.8. The Balaban J connectivity index is 1.96. The van der Waals surface area contributed by atoms with Gasteiger partial charge in [0.2, 0.25) is 0 Å². The van der Waals surface area contributed by atoms with Crippen LogP contribution in [0.5, 0.6) is 0 Å². The molecular weight excluding hydrogens is 475 g/mol. The van der Waals surface area contributed by atoms with Crippen LogP contribution in [0.2, 0.25) is 10.0 Å². The summed E-state index contributed by atoms with van der Waals surface area (Å²) in [5.74, 6) is 0.697. The van der Waals surface area contributed by atoms with Crippen molar-refractivity contribution in [2.75, 3.05) is 0 Å². The maximum atomic E-state index is 12.5. The smallest absolute Gasteiger partial charge is 0.306 e. The van der Waals surface area contributed by atoms with Gasteiger partial charge in [0, 0.05) is 21.4 Å². The molecule has 0 aliphatic heterocycles. The van der Waals surface area contributed by atoms with Gasteiger partial charge in [-0.15, -0.1) is 0 Å². The fourth-order valence-corrected chi connectivity index (χ4v) is 5.40. The minimum absolute atomic E-state index is 0.177. The van der Waals surface area contributed by atoms with Crippen molar-refractivity contribution in [2.24, 2.45) is 0 Å². The van der Waals surface area contributed by atoms with E-state index in [0.29, 0.717) is 22.3 Å². The fraction of sp³-hybridized carbons (Fsp3) is 0.615. The van der Waals surface area contributed by atoms with E-state index in [1.165, 1.54) is 50.3 Å². The highest BCUT2D eigenvalue weighted by molar-refractivity contribution is 7.99. The van der Waals surface area contributed by atoms with Crippen molar-refractivity contribution in [1.29, 1.82) is 0 Å². The first-order chi connectivity index (χ1) is 15.6. The topological polar surface area (TPSA) is 55.0 Å². The molecule has 4 nitrogen and oxygen atoms in total. The molecule has 1 aromatic heterocycles. The minimum Gasteiger partial charge on any atom is -0.451 e. The second-order valence-electron chi connectivity index (χ2n) is 9.38. The van der Waals surface area contributed by atoms with Crippen LogP contribution in [0.1, 0.15) is 110 Å². The summed E-state index contributed by atoms with van der Waals surface area (Å²) in [5, 5.41) is 2.01. The summed E-state index contributed by atoms with van der Waals surface area (Å²) in [4.78, 5) is 21.6. The molecule has 0 amide bonds. The SMILES string of the molecule is CCCCCCCCCCC(=O)OC(C)(C)c1nc(Sc2cc(Cl)cc(Cl)c2)c(C(C)C)[nH]1. The van der Waals surface area contributed by atoms with Gasteiger partial charge < -0.3 is 9.72 Å². The van der Waals surface area contributed by atoms with Crippen molar-refractivity contribution in [1.82, 2.24) is 9.97 Å². The van der Waals surface area contributed by atoms with E-state index in [1.807, 2.05) is 26.0 Å². The third-order valence-corrected chi connectivity index (χ3v) is 6.91. The van der Waals surface area contributed by atoms with E-state index < -0.39 is 5.60 Å². The quantitative estimate of drug-likeness (QED) is 0.202. The van der Waals surface area contributed by atoms with Crippen LogP contribution in [0.4, 0.5) is 0 Å². The van der Waals surface area contributed by atoms with Gasteiger partial charge in [-0.3, -0.25) is 4.79 Å². The largest absolute Gasteiger partial charge is 0.451 e. The average Bonchev–Trinajstić information content (AvgIpc) is 3.14. The molecule has 184 valence electrons. The molecule has 0 saturated carbocycles. The van der Waals surface area contributed by atoms with Crippen LogP contribution < -0.4 is 0 Å². The Kier molecular flexibility index (Phi) is 11.6. The number of aromatic amines is 1. The first-order valence-electron chi connectivity index (χ1n) is 12.1. The molecule has 33 heavy (non-hydrogen) atoms. The summed E-state index contributed by atoms with van der Waals surface area (Å²) in [6.45, 7) is 10.2. The molecule has 1 aromatic carbocycles. The molecule has 0 aliphatic rings. The number of nitrogens with one attached hydrogen (secondary N) is 1. The summed E-state index contributed by atoms with van der Waals surface area (Å²) in [6, 6.07) is 5.44. The van der Waals surface area contributed by atoms with Crippen molar-refractivity contribution in [3.8, 4) is 0 Å². The third-order valence-electron chi connectivity index (χ3n) is 5.50. The summed E-state index contributed by atoms with van der Waals surface area (Å²) in [6.07, 6.45) is 10.0. The molecule has 2 aromatic rings. The molecule has 0 bridgehead atoms. The maximum absolute atomic E-state index is 12.5. The van der Waals surface area contributed by atoms with Gasteiger partial charge in [0.05, 0.1) is 5.69 Å². The number of hydrogen-bond donors (Lipinski definition) is 1. The van der Waals surface area contributed by atoms with E-state index in [2.05, 4.69) is 25.8 Å². The van der Waals surface area contributed by atoms with Crippen LogP contribution in [-0.2, 0) is 15.1 Å². The highest BCUT2D eigenvalue weighted by atomic mass is 35.5. The number of hydrogen-bond acceptors (Lipinski definition) is 4. The Morgan fingerprint density at radius 2 is 1.61 bits per heavy atom. The van der Waals surface area contributed by atoms with Crippen LogP contribution in [-0.4, -0.2) is 15.9 Å². The molecular formula is C26H38Cl2N2O2S. The van der Waals surface area contributed by atoms with Crippen molar-refractivity contribution in [3.05, 3.63) is 39.8 Å². The predicted molar refractivity (Wildman–Crippen MR) is 140 cm³/mol. The van der Waals surface area contributed by atoms with Crippen LogP contribution in [0.3, 0.4) is 0 Å². The lowest BCUT2D eigenvalue weighted by atomic mass is 10.1. The summed E-state index contributed by atoms with van der Waals surface area (Å²) in [5.41, 5.74) is 0.157. The molecule has 0 unspecified atom stereocenters. The van der Waals surface area contributed by atoms with Gasteiger partial charge >= 0.3 is 5.97 Å². The number of aromatic nitrogens is 2. The fourth-order valence-electron chi connectivity index (χ4n) is 3.61. The number of benzene rings is 1.